The second-order valence-electron chi connectivity index (χ2n) is 25.6. The van der Waals surface area contributed by atoms with Gasteiger partial charge >= 0.3 is 24.1 Å². The van der Waals surface area contributed by atoms with Gasteiger partial charge in [0.25, 0.3) is 5.91 Å². The highest BCUT2D eigenvalue weighted by Crippen LogP contribution is 2.30. The molecular weight excluding hydrogens is 1820 g/mol. The number of aliphatic carboxylic acids is 1. The van der Waals surface area contributed by atoms with Crippen LogP contribution in [0.2, 0.25) is 0 Å². The van der Waals surface area contributed by atoms with Crippen molar-refractivity contribution in [3.8, 4) is 45.0 Å². The zero-order chi connectivity index (χ0) is 83.3. The number of nitrogens with zero attached hydrogens (tertiary/aromatic N) is 6. The van der Waals surface area contributed by atoms with Gasteiger partial charge in [0, 0.05) is 95.4 Å². The quantitative estimate of drug-likeness (QED) is 0.0313. The number of carboxylic acid groups (broad SMARTS) is 2. The molecule has 0 radical (unpaired) electrons. The van der Waals surface area contributed by atoms with Crippen molar-refractivity contribution in [3.63, 3.8) is 0 Å². The van der Waals surface area contributed by atoms with E-state index in [1.165, 1.54) is 116 Å². The second-order valence-corrected chi connectivity index (χ2v) is 37.2. The number of aromatic carboxylic acids is 1. The van der Waals surface area contributed by atoms with Crippen molar-refractivity contribution in [1.82, 2.24) is 44.5 Å². The lowest BCUT2D eigenvalue weighted by atomic mass is 10.2. The average molecular weight is 1900 g/mol. The zero-order valence-corrected chi connectivity index (χ0v) is 73.3. The lowest BCUT2D eigenvalue weighted by molar-refractivity contribution is -0.136. The molecule has 0 atom stereocenters. The van der Waals surface area contributed by atoms with E-state index in [2.05, 4.69) is 99.6 Å². The third-order valence-corrected chi connectivity index (χ3v) is 22.5. The fraction of sp³-hybridized carbons (Fsp3) is 0.253. The Labute approximate surface area is 698 Å². The Hall–Kier alpha value is -8.70. The van der Waals surface area contributed by atoms with E-state index in [1.54, 1.807) is 41.5 Å². The summed E-state index contributed by atoms with van der Waals surface area (Å²) in [7, 11) is -1.60. The van der Waals surface area contributed by atoms with E-state index in [-0.39, 0.29) is 70.7 Å². The number of hydrogen-bond acceptors (Lipinski definition) is 24. The number of carbonyl (C=O) groups is 8. The fourth-order valence-electron chi connectivity index (χ4n) is 8.53. The minimum Gasteiger partial charge on any atom is -0.480 e. The maximum Gasteiger partial charge on any atom is 0.408 e. The van der Waals surface area contributed by atoms with Crippen LogP contribution in [0.3, 0.4) is 0 Å². The topological polar surface area (TPSA) is 410 Å². The first kappa shape index (κ1) is 93.9. The Morgan fingerprint density at radius 2 is 0.768 bits per heavy atom. The summed E-state index contributed by atoms with van der Waals surface area (Å²) in [5, 5.41) is 34.5. The van der Waals surface area contributed by atoms with Gasteiger partial charge in [-0.3, -0.25) is 24.0 Å². The van der Waals surface area contributed by atoms with Gasteiger partial charge in [-0.05, 0) is 126 Å². The van der Waals surface area contributed by atoms with Gasteiger partial charge in [0.2, 0.25) is 20.0 Å². The molecule has 0 saturated carbocycles. The number of anilines is 1. The Morgan fingerprint density at radius 1 is 0.446 bits per heavy atom. The molecule has 37 heteroatoms. The molecule has 596 valence electrons. The predicted molar refractivity (Wildman–Crippen MR) is 451 cm³/mol. The van der Waals surface area contributed by atoms with Gasteiger partial charge in [-0.15, -0.1) is 45.3 Å². The molecule has 112 heavy (non-hydrogen) atoms. The van der Waals surface area contributed by atoms with Crippen molar-refractivity contribution in [3.05, 3.63) is 211 Å². The first-order valence-electron chi connectivity index (χ1n) is 33.1. The third-order valence-electron chi connectivity index (χ3n) is 13.7. The van der Waals surface area contributed by atoms with Crippen LogP contribution < -0.4 is 27.4 Å². The van der Waals surface area contributed by atoms with Crippen LogP contribution in [0.15, 0.2) is 195 Å². The predicted octanol–water partition coefficient (Wildman–Crippen LogP) is 14.6. The van der Waals surface area contributed by atoms with Gasteiger partial charge in [0.1, 0.15) is 32.8 Å². The molecule has 0 aliphatic heterocycles. The standard InChI is InChI=1S/C21H20BrN3O4S2.C17H19BrN2O3S.C12H11BrN2OS.C9H7BrN2S.C9H11NO4S.C7H13NO4/c1-25(2)31(28,29)18-8-4-6-15(10-18)21(27)23-12-17(26)11-20-24-19(13-30-20)14-5-3-7-16(22)9-14;1-17(2,3)23-16(22)19-9-13(21)8-15-20-14(10-24-15)11-5-4-6-12(18)7-11;13-9-3-1-2-8(4-9)11-7-17-12(15-11)5-10(16)6-14;10-7-3-1-2-6(4-7)8-5-13-9(11)12-8;1-10(2)15(13,14)8-5-3-4-7(6-8)9(11)12;1-7(2,3)12-6(11)8-4-5(9)10/h3-10,13H,11-12H2,1-2H3,(H,23,27);4-7,10H,8-9H2,1-3H3,(H,19,22);1-4,7H,5-6,14H2;1-5H,(H2,11,12);3-6H,1-2H3,(H,11,12);4H2,1-3H3,(H,8,11)(H,9,10). The number of alkyl carbamates (subject to hydrolysis) is 2. The molecular formula is C75H81Br4N11O16S6. The minimum atomic E-state index is -3.65. The first-order valence-corrected chi connectivity index (χ1v) is 42.6. The highest BCUT2D eigenvalue weighted by Gasteiger charge is 2.23. The lowest BCUT2D eigenvalue weighted by Gasteiger charge is -2.19. The lowest BCUT2D eigenvalue weighted by Crippen LogP contribution is -2.35. The molecule has 4 aromatic heterocycles. The van der Waals surface area contributed by atoms with Gasteiger partial charge in [0.05, 0.1) is 77.0 Å². The fourth-order valence-corrected chi connectivity index (χ4v) is 15.1. The summed E-state index contributed by atoms with van der Waals surface area (Å²) in [4.78, 5) is 108. The highest BCUT2D eigenvalue weighted by molar-refractivity contribution is 9.11. The SMILES string of the molecule is CC(C)(C)OC(=O)NCC(=O)Cc1nc(-c2cccc(Br)c2)cs1.CC(C)(C)OC(=O)NCC(=O)O.CN(C)S(=O)(=O)c1cccc(C(=O)NCC(=O)Cc2nc(-c3cccc(Br)c3)cs2)c1.CN(C)S(=O)(=O)c1cccc(C(=O)O)c1.NCC(=O)Cc1nc(-c2cccc(Br)c2)cs1.Nc1nc(-c2cccc(Br)c2)cs1. The van der Waals surface area contributed by atoms with Crippen LogP contribution in [0.5, 0.6) is 0 Å². The number of halogens is 4. The van der Waals surface area contributed by atoms with Crippen molar-refractivity contribution >= 4 is 182 Å². The van der Waals surface area contributed by atoms with Gasteiger partial charge in [-0.2, -0.15) is 0 Å². The number of hydrogen-bond donors (Lipinski definition) is 7. The number of nitrogens with two attached hydrogens (primary N) is 2. The number of thiazole rings is 4. The van der Waals surface area contributed by atoms with Crippen molar-refractivity contribution in [1.29, 1.82) is 0 Å². The smallest absolute Gasteiger partial charge is 0.408 e. The zero-order valence-electron chi connectivity index (χ0n) is 62.0. The number of nitrogens with one attached hydrogen (secondary N) is 3. The summed E-state index contributed by atoms with van der Waals surface area (Å²) in [5.41, 5.74) is 17.3. The van der Waals surface area contributed by atoms with Crippen LogP contribution in [0, 0.1) is 0 Å². The number of ketones is 3. The van der Waals surface area contributed by atoms with E-state index in [0.29, 0.717) is 16.6 Å². The molecule has 0 aliphatic rings. The monoisotopic (exact) mass is 1900 g/mol. The Bertz CT molecular complexity index is 5140. The van der Waals surface area contributed by atoms with E-state index in [1.807, 2.05) is 119 Å². The number of Topliss-reactive ketones (excluding diaryl/α,β-unsaturated/α-hetero) is 3. The van der Waals surface area contributed by atoms with Crippen LogP contribution in [-0.2, 0) is 68.0 Å². The van der Waals surface area contributed by atoms with Gasteiger partial charge in [0.15, 0.2) is 22.5 Å². The number of benzene rings is 6. The number of aromatic nitrogens is 4. The molecule has 0 bridgehead atoms. The number of carbonyl (C=O) groups excluding carboxylic acids is 6. The molecule has 0 fully saturated rings. The summed E-state index contributed by atoms with van der Waals surface area (Å²) in [5.74, 6) is -3.05. The molecule has 10 rings (SSSR count). The molecule has 0 saturated heterocycles. The normalized spacial score (nSPS) is 11.0. The Balaban J connectivity index is 0.000000249. The molecule has 0 spiro atoms. The van der Waals surface area contributed by atoms with Crippen LogP contribution in [0.1, 0.15) is 77.3 Å². The maximum atomic E-state index is 12.4. The molecule has 0 aliphatic carbocycles. The van der Waals surface area contributed by atoms with Crippen molar-refractivity contribution < 1.29 is 74.9 Å². The van der Waals surface area contributed by atoms with Crippen LogP contribution >= 0.6 is 109 Å². The minimum absolute atomic E-state index is 0.0133. The average Bonchev–Trinajstić information content (AvgIpc) is 1.02. The highest BCUT2D eigenvalue weighted by atomic mass is 79.9. The molecule has 0 unspecified atom stereocenters. The number of rotatable bonds is 23. The molecule has 10 aromatic rings. The number of ether oxygens (including phenoxy) is 2. The molecule has 3 amide bonds. The summed E-state index contributed by atoms with van der Waals surface area (Å²) in [6.45, 7) is 9.83. The van der Waals surface area contributed by atoms with Gasteiger partial charge in [-0.25, -0.2) is 59.8 Å². The Kier molecular flexibility index (Phi) is 37.4. The van der Waals surface area contributed by atoms with Crippen molar-refractivity contribution in [2.45, 2.75) is 81.8 Å². The third kappa shape index (κ3) is 33.5. The largest absolute Gasteiger partial charge is 0.480 e. The van der Waals surface area contributed by atoms with Crippen LogP contribution in [0.25, 0.3) is 45.0 Å². The molecule has 9 N–H and O–H groups in total. The number of nitrogen functional groups attached to an aromatic ring is 1. The molecule has 6 aromatic carbocycles. The first-order chi connectivity index (χ1) is 52.5. The summed E-state index contributed by atoms with van der Waals surface area (Å²) >= 11 is 19.5. The number of amides is 3. The van der Waals surface area contributed by atoms with Gasteiger partial charge in [-0.1, -0.05) is 124 Å². The van der Waals surface area contributed by atoms with E-state index in [4.69, 9.17) is 31.2 Å². The second kappa shape index (κ2) is 44.7. The van der Waals surface area contributed by atoms with Crippen molar-refractivity contribution in [2.75, 3.05) is 60.1 Å². The molecule has 27 nitrogen and oxygen atoms in total. The summed E-state index contributed by atoms with van der Waals surface area (Å²) < 4.78 is 63.7. The maximum absolute atomic E-state index is 12.4. The van der Waals surface area contributed by atoms with E-state index >= 15 is 0 Å². The summed E-state index contributed by atoms with van der Waals surface area (Å²) in [6.07, 6.45) is -0.688. The van der Waals surface area contributed by atoms with Gasteiger partial charge < -0.3 is 47.1 Å². The number of carboxylic acids is 2. The van der Waals surface area contributed by atoms with E-state index in [9.17, 15) is 55.2 Å². The van der Waals surface area contributed by atoms with Crippen LogP contribution in [-0.4, -0.2) is 169 Å². The van der Waals surface area contributed by atoms with E-state index < -0.39 is 67.8 Å². The van der Waals surface area contributed by atoms with Crippen molar-refractivity contribution in [2.24, 2.45) is 5.73 Å². The molecule has 4 heterocycles. The van der Waals surface area contributed by atoms with Crippen LogP contribution in [0.4, 0.5) is 14.7 Å². The Morgan fingerprint density at radius 3 is 1.09 bits per heavy atom. The summed E-state index contributed by atoms with van der Waals surface area (Å²) in [6, 6.07) is 42.4. The number of sulfonamides is 2. The van der Waals surface area contributed by atoms with E-state index in [0.717, 1.165) is 87.6 Å².